The van der Waals surface area contributed by atoms with Gasteiger partial charge in [0, 0.05) is 18.7 Å². The molecule has 26 heavy (non-hydrogen) atoms. The minimum Gasteiger partial charge on any atom is -0.508 e. The lowest BCUT2D eigenvalue weighted by Gasteiger charge is -2.22. The number of aromatic nitrogens is 1. The predicted octanol–water partition coefficient (Wildman–Crippen LogP) is 4.27. The fourth-order valence-corrected chi connectivity index (χ4v) is 2.98. The van der Waals surface area contributed by atoms with Gasteiger partial charge in [0.1, 0.15) is 19.0 Å². The summed E-state index contributed by atoms with van der Waals surface area (Å²) in [6, 6.07) is 11.4. The molecular formula is C21H27NO4. The zero-order valence-corrected chi connectivity index (χ0v) is 15.3. The van der Waals surface area contributed by atoms with Crippen LogP contribution >= 0.6 is 0 Å². The van der Waals surface area contributed by atoms with Crippen LogP contribution in [0.1, 0.15) is 43.7 Å². The van der Waals surface area contributed by atoms with E-state index in [1.165, 1.54) is 17.7 Å². The zero-order chi connectivity index (χ0) is 18.2. The third-order valence-electron chi connectivity index (χ3n) is 4.40. The molecule has 0 aliphatic carbocycles. The van der Waals surface area contributed by atoms with Crippen LogP contribution in [0.25, 0.3) is 0 Å². The number of pyridine rings is 1. The standard InChI is InChI=1S/C21H27NO4/c1-2-5-16-7-9-17(10-8-16)14-25-20-12-18(23)13-21(22-20)26-15-19-6-3-4-11-24-19/h7-10,12-13,19H,2-6,11,14-15H2,1H3,(H,22,23). The summed E-state index contributed by atoms with van der Waals surface area (Å²) < 4.78 is 17.1. The van der Waals surface area contributed by atoms with E-state index < -0.39 is 0 Å². The molecule has 1 unspecified atom stereocenters. The van der Waals surface area contributed by atoms with Crippen LogP contribution in [0, 0.1) is 0 Å². The Bertz CT molecular complexity index is 681. The van der Waals surface area contributed by atoms with E-state index in [0.29, 0.717) is 25.0 Å². The molecule has 0 spiro atoms. The van der Waals surface area contributed by atoms with E-state index >= 15 is 0 Å². The average molecular weight is 357 g/mol. The fraction of sp³-hybridized carbons (Fsp3) is 0.476. The second-order valence-electron chi connectivity index (χ2n) is 6.66. The van der Waals surface area contributed by atoms with Crippen LogP contribution in [0.2, 0.25) is 0 Å². The van der Waals surface area contributed by atoms with Crippen LogP contribution < -0.4 is 9.47 Å². The van der Waals surface area contributed by atoms with Crippen molar-refractivity contribution < 1.29 is 19.3 Å². The minimum atomic E-state index is 0.0767. The first kappa shape index (κ1) is 18.5. The number of aromatic hydroxyl groups is 1. The first-order valence-corrected chi connectivity index (χ1v) is 9.39. The molecule has 1 aromatic carbocycles. The van der Waals surface area contributed by atoms with Crippen LogP contribution in [-0.2, 0) is 17.8 Å². The van der Waals surface area contributed by atoms with Gasteiger partial charge in [-0.25, -0.2) is 0 Å². The summed E-state index contributed by atoms with van der Waals surface area (Å²) in [5.41, 5.74) is 2.39. The number of benzene rings is 1. The summed E-state index contributed by atoms with van der Waals surface area (Å²) >= 11 is 0. The molecule has 5 nitrogen and oxygen atoms in total. The molecule has 1 aliphatic heterocycles. The van der Waals surface area contributed by atoms with Crippen LogP contribution in [0.4, 0.5) is 0 Å². The quantitative estimate of drug-likeness (QED) is 0.765. The lowest BCUT2D eigenvalue weighted by Crippen LogP contribution is -2.26. The number of nitrogens with zero attached hydrogens (tertiary/aromatic N) is 1. The summed E-state index contributed by atoms with van der Waals surface area (Å²) in [5.74, 6) is 0.780. The number of hydrogen-bond donors (Lipinski definition) is 1. The van der Waals surface area contributed by atoms with Crippen molar-refractivity contribution in [2.45, 2.75) is 51.7 Å². The first-order valence-electron chi connectivity index (χ1n) is 9.39. The zero-order valence-electron chi connectivity index (χ0n) is 15.3. The van der Waals surface area contributed by atoms with Crippen LogP contribution in [0.5, 0.6) is 17.5 Å². The number of hydrogen-bond acceptors (Lipinski definition) is 5. The summed E-state index contributed by atoms with van der Waals surface area (Å²) in [5, 5.41) is 9.89. The van der Waals surface area contributed by atoms with E-state index in [-0.39, 0.29) is 11.9 Å². The van der Waals surface area contributed by atoms with E-state index in [1.807, 2.05) is 0 Å². The normalized spacial score (nSPS) is 17.0. The first-order chi connectivity index (χ1) is 12.7. The van der Waals surface area contributed by atoms with Gasteiger partial charge in [-0.3, -0.25) is 0 Å². The maximum Gasteiger partial charge on any atom is 0.220 e. The van der Waals surface area contributed by atoms with Crippen molar-refractivity contribution >= 4 is 0 Å². The Morgan fingerprint density at radius 3 is 2.50 bits per heavy atom. The molecule has 1 aliphatic rings. The minimum absolute atomic E-state index is 0.0767. The van der Waals surface area contributed by atoms with Gasteiger partial charge in [0.25, 0.3) is 0 Å². The summed E-state index contributed by atoms with van der Waals surface area (Å²) in [7, 11) is 0. The molecule has 0 saturated carbocycles. The SMILES string of the molecule is CCCc1ccc(COc2cc(O)cc(OCC3CCCCO3)n2)cc1. The smallest absolute Gasteiger partial charge is 0.220 e. The summed E-state index contributed by atoms with van der Waals surface area (Å²) in [4.78, 5) is 4.32. The van der Waals surface area contributed by atoms with Gasteiger partial charge in [-0.05, 0) is 36.8 Å². The Labute approximate surface area is 154 Å². The Balaban J connectivity index is 1.54. The molecular weight excluding hydrogens is 330 g/mol. The summed E-state index contributed by atoms with van der Waals surface area (Å²) in [6.07, 6.45) is 5.58. The average Bonchev–Trinajstić information content (AvgIpc) is 2.67. The van der Waals surface area contributed by atoms with Crippen molar-refractivity contribution in [2.75, 3.05) is 13.2 Å². The van der Waals surface area contributed by atoms with Crippen LogP contribution in [0.15, 0.2) is 36.4 Å². The molecule has 0 radical (unpaired) electrons. The van der Waals surface area contributed by atoms with Gasteiger partial charge < -0.3 is 19.3 Å². The van der Waals surface area contributed by atoms with Gasteiger partial charge in [-0.15, -0.1) is 0 Å². The van der Waals surface area contributed by atoms with E-state index in [0.717, 1.165) is 44.3 Å². The third-order valence-corrected chi connectivity index (χ3v) is 4.40. The fourth-order valence-electron chi connectivity index (χ4n) is 2.98. The van der Waals surface area contributed by atoms with Gasteiger partial charge in [0.05, 0.1) is 6.10 Å². The van der Waals surface area contributed by atoms with E-state index in [4.69, 9.17) is 14.2 Å². The highest BCUT2D eigenvalue weighted by Gasteiger charge is 2.15. The largest absolute Gasteiger partial charge is 0.508 e. The Morgan fingerprint density at radius 2 is 1.81 bits per heavy atom. The summed E-state index contributed by atoms with van der Waals surface area (Å²) in [6.45, 7) is 3.79. The molecule has 1 saturated heterocycles. The monoisotopic (exact) mass is 357 g/mol. The predicted molar refractivity (Wildman–Crippen MR) is 99.8 cm³/mol. The molecule has 0 amide bonds. The van der Waals surface area contributed by atoms with Crippen molar-refractivity contribution in [3.8, 4) is 17.5 Å². The van der Waals surface area contributed by atoms with Crippen molar-refractivity contribution in [3.05, 3.63) is 47.5 Å². The molecule has 1 N–H and O–H groups in total. The van der Waals surface area contributed by atoms with Crippen molar-refractivity contribution in [1.82, 2.24) is 4.98 Å². The lowest BCUT2D eigenvalue weighted by molar-refractivity contribution is -0.0121. The lowest BCUT2D eigenvalue weighted by atomic mass is 10.1. The van der Waals surface area contributed by atoms with Gasteiger partial charge in [-0.1, -0.05) is 37.6 Å². The maximum absolute atomic E-state index is 9.89. The third kappa shape index (κ3) is 5.63. The molecule has 0 bridgehead atoms. The van der Waals surface area contributed by atoms with E-state index in [2.05, 4.69) is 36.2 Å². The molecule has 1 atom stereocenters. The second-order valence-corrected chi connectivity index (χ2v) is 6.66. The van der Waals surface area contributed by atoms with Crippen molar-refractivity contribution in [1.29, 1.82) is 0 Å². The molecule has 2 aromatic rings. The molecule has 1 fully saturated rings. The van der Waals surface area contributed by atoms with Crippen molar-refractivity contribution in [2.24, 2.45) is 0 Å². The van der Waals surface area contributed by atoms with Gasteiger partial charge >= 0.3 is 0 Å². The molecule has 140 valence electrons. The van der Waals surface area contributed by atoms with Gasteiger partial charge in [0.15, 0.2) is 0 Å². The number of ether oxygens (including phenoxy) is 3. The highest BCUT2D eigenvalue weighted by atomic mass is 16.5. The number of rotatable bonds is 8. The molecule has 5 heteroatoms. The second kappa shape index (κ2) is 9.43. The van der Waals surface area contributed by atoms with Crippen LogP contribution in [0.3, 0.4) is 0 Å². The maximum atomic E-state index is 9.89. The van der Waals surface area contributed by atoms with Gasteiger partial charge in [0.2, 0.25) is 11.8 Å². The van der Waals surface area contributed by atoms with E-state index in [9.17, 15) is 5.11 Å². The Hall–Kier alpha value is -2.27. The number of aryl methyl sites for hydroxylation is 1. The van der Waals surface area contributed by atoms with E-state index in [1.54, 1.807) is 0 Å². The Kier molecular flexibility index (Phi) is 6.72. The topological polar surface area (TPSA) is 60.8 Å². The Morgan fingerprint density at radius 1 is 1.08 bits per heavy atom. The van der Waals surface area contributed by atoms with Gasteiger partial charge in [-0.2, -0.15) is 4.98 Å². The van der Waals surface area contributed by atoms with Crippen molar-refractivity contribution in [3.63, 3.8) is 0 Å². The molecule has 3 rings (SSSR count). The highest BCUT2D eigenvalue weighted by Crippen LogP contribution is 2.24. The molecule has 2 heterocycles. The van der Waals surface area contributed by atoms with Crippen LogP contribution in [-0.4, -0.2) is 29.4 Å². The highest BCUT2D eigenvalue weighted by molar-refractivity contribution is 5.32. The molecule has 1 aromatic heterocycles.